The lowest BCUT2D eigenvalue weighted by Gasteiger charge is -2.36. The summed E-state index contributed by atoms with van der Waals surface area (Å²) in [5.41, 5.74) is 1.38. The summed E-state index contributed by atoms with van der Waals surface area (Å²) in [6.45, 7) is 9.12. The first-order valence-electron chi connectivity index (χ1n) is 6.85. The first kappa shape index (κ1) is 13.5. The van der Waals surface area contributed by atoms with E-state index in [-0.39, 0.29) is 0 Å². The second-order valence-electron chi connectivity index (χ2n) is 5.25. The molecule has 1 aromatic rings. The fourth-order valence-electron chi connectivity index (χ4n) is 2.28. The van der Waals surface area contributed by atoms with E-state index in [4.69, 9.17) is 4.74 Å². The Hall–Kier alpha value is -0.900. The maximum Gasteiger partial charge on any atom is 0.0635 e. The number of hydrogen-bond acceptors (Lipinski definition) is 3. The molecular weight excluding hydrogens is 224 g/mol. The molecule has 0 aliphatic carbocycles. The van der Waals surface area contributed by atoms with E-state index >= 15 is 0 Å². The molecule has 0 bridgehead atoms. The van der Waals surface area contributed by atoms with Crippen molar-refractivity contribution in [2.45, 2.75) is 32.5 Å². The number of hydrogen-bond donors (Lipinski definition) is 1. The molecule has 1 aromatic carbocycles. The van der Waals surface area contributed by atoms with Crippen molar-refractivity contribution in [1.29, 1.82) is 0 Å². The van der Waals surface area contributed by atoms with Crippen LogP contribution in [0.2, 0.25) is 0 Å². The maximum absolute atomic E-state index is 5.60. The van der Waals surface area contributed by atoms with Crippen molar-refractivity contribution in [3.63, 3.8) is 0 Å². The average molecular weight is 248 g/mol. The van der Waals surface area contributed by atoms with Crippen LogP contribution in [-0.2, 0) is 11.3 Å². The van der Waals surface area contributed by atoms with Crippen LogP contribution < -0.4 is 5.32 Å². The van der Waals surface area contributed by atoms with Gasteiger partial charge in [-0.05, 0) is 5.56 Å². The van der Waals surface area contributed by atoms with Crippen LogP contribution in [0.3, 0.4) is 0 Å². The zero-order chi connectivity index (χ0) is 12.8. The van der Waals surface area contributed by atoms with Crippen LogP contribution in [0.1, 0.15) is 19.4 Å². The molecule has 0 amide bonds. The summed E-state index contributed by atoms with van der Waals surface area (Å²) in [4.78, 5) is 2.52. The summed E-state index contributed by atoms with van der Waals surface area (Å²) in [6.07, 6.45) is 0. The number of morpholine rings is 1. The number of benzene rings is 1. The molecule has 3 nitrogen and oxygen atoms in total. The van der Waals surface area contributed by atoms with Crippen molar-refractivity contribution < 1.29 is 4.74 Å². The van der Waals surface area contributed by atoms with Gasteiger partial charge in [0.2, 0.25) is 0 Å². The van der Waals surface area contributed by atoms with Crippen molar-refractivity contribution >= 4 is 0 Å². The predicted octanol–water partition coefficient (Wildman–Crippen LogP) is 1.89. The summed E-state index contributed by atoms with van der Waals surface area (Å²) in [7, 11) is 0. The van der Waals surface area contributed by atoms with Gasteiger partial charge in [-0.25, -0.2) is 0 Å². The van der Waals surface area contributed by atoms with Gasteiger partial charge < -0.3 is 10.1 Å². The Morgan fingerprint density at radius 1 is 1.33 bits per heavy atom. The fraction of sp³-hybridized carbons (Fsp3) is 0.600. The zero-order valence-electron chi connectivity index (χ0n) is 11.4. The van der Waals surface area contributed by atoms with Crippen LogP contribution in [-0.4, -0.2) is 43.3 Å². The van der Waals surface area contributed by atoms with E-state index < -0.39 is 0 Å². The van der Waals surface area contributed by atoms with Crippen LogP contribution >= 0.6 is 0 Å². The van der Waals surface area contributed by atoms with Gasteiger partial charge >= 0.3 is 0 Å². The lowest BCUT2D eigenvalue weighted by atomic mass is 10.1. The molecule has 1 saturated heterocycles. The summed E-state index contributed by atoms with van der Waals surface area (Å²) in [6, 6.07) is 11.7. The van der Waals surface area contributed by atoms with Crippen molar-refractivity contribution in [2.24, 2.45) is 0 Å². The topological polar surface area (TPSA) is 24.5 Å². The van der Waals surface area contributed by atoms with Crippen LogP contribution in [0.25, 0.3) is 0 Å². The SMILES string of the molecule is CC(C)NCC1COCCN1Cc1ccccc1. The molecule has 1 aliphatic heterocycles. The van der Waals surface area contributed by atoms with E-state index in [0.29, 0.717) is 12.1 Å². The molecule has 1 N–H and O–H groups in total. The number of nitrogens with zero attached hydrogens (tertiary/aromatic N) is 1. The molecule has 0 radical (unpaired) electrons. The van der Waals surface area contributed by atoms with Gasteiger partial charge in [-0.2, -0.15) is 0 Å². The number of ether oxygens (including phenoxy) is 1. The monoisotopic (exact) mass is 248 g/mol. The molecule has 1 unspecified atom stereocenters. The molecule has 1 fully saturated rings. The fourth-order valence-corrected chi connectivity index (χ4v) is 2.28. The first-order chi connectivity index (χ1) is 8.75. The number of nitrogens with one attached hydrogen (secondary N) is 1. The highest BCUT2D eigenvalue weighted by atomic mass is 16.5. The molecule has 0 aromatic heterocycles. The Bertz CT molecular complexity index is 340. The van der Waals surface area contributed by atoms with E-state index in [0.717, 1.165) is 32.8 Å². The Labute approximate surface area is 110 Å². The van der Waals surface area contributed by atoms with E-state index in [1.807, 2.05) is 0 Å². The Morgan fingerprint density at radius 2 is 2.11 bits per heavy atom. The summed E-state index contributed by atoms with van der Waals surface area (Å²) in [5, 5.41) is 3.51. The summed E-state index contributed by atoms with van der Waals surface area (Å²) < 4.78 is 5.60. The Balaban J connectivity index is 1.91. The average Bonchev–Trinajstić information content (AvgIpc) is 2.39. The second-order valence-corrected chi connectivity index (χ2v) is 5.25. The van der Waals surface area contributed by atoms with E-state index in [1.165, 1.54) is 5.56 Å². The molecule has 0 spiro atoms. The minimum Gasteiger partial charge on any atom is -0.378 e. The van der Waals surface area contributed by atoms with E-state index in [1.54, 1.807) is 0 Å². The van der Waals surface area contributed by atoms with Gasteiger partial charge in [-0.1, -0.05) is 44.2 Å². The van der Waals surface area contributed by atoms with Crippen LogP contribution in [0.5, 0.6) is 0 Å². The van der Waals surface area contributed by atoms with Gasteiger partial charge in [0.15, 0.2) is 0 Å². The molecule has 18 heavy (non-hydrogen) atoms. The third kappa shape index (κ3) is 4.09. The molecule has 1 aliphatic rings. The minimum absolute atomic E-state index is 0.487. The normalized spacial score (nSPS) is 21.4. The second kappa shape index (κ2) is 6.88. The Kier molecular flexibility index (Phi) is 5.17. The minimum atomic E-state index is 0.487. The van der Waals surface area contributed by atoms with E-state index in [9.17, 15) is 0 Å². The summed E-state index contributed by atoms with van der Waals surface area (Å²) in [5.74, 6) is 0. The molecule has 0 saturated carbocycles. The third-order valence-corrected chi connectivity index (χ3v) is 3.34. The molecule has 100 valence electrons. The highest BCUT2D eigenvalue weighted by Gasteiger charge is 2.22. The van der Waals surface area contributed by atoms with E-state index in [2.05, 4.69) is 54.4 Å². The highest BCUT2D eigenvalue weighted by molar-refractivity contribution is 5.14. The lowest BCUT2D eigenvalue weighted by molar-refractivity contribution is -0.0114. The maximum atomic E-state index is 5.60. The smallest absolute Gasteiger partial charge is 0.0635 e. The van der Waals surface area contributed by atoms with Crippen molar-refractivity contribution in [3.8, 4) is 0 Å². The van der Waals surface area contributed by atoms with Crippen molar-refractivity contribution in [2.75, 3.05) is 26.3 Å². The molecule has 3 heteroatoms. The predicted molar refractivity (Wildman–Crippen MR) is 74.6 cm³/mol. The largest absolute Gasteiger partial charge is 0.378 e. The molecular formula is C15H24N2O. The quantitative estimate of drug-likeness (QED) is 0.861. The molecule has 2 rings (SSSR count). The van der Waals surface area contributed by atoms with Gasteiger partial charge in [-0.3, -0.25) is 4.90 Å². The number of rotatable bonds is 5. The summed E-state index contributed by atoms with van der Waals surface area (Å²) >= 11 is 0. The Morgan fingerprint density at radius 3 is 2.83 bits per heavy atom. The first-order valence-corrected chi connectivity index (χ1v) is 6.85. The van der Waals surface area contributed by atoms with Gasteiger partial charge in [0, 0.05) is 31.7 Å². The van der Waals surface area contributed by atoms with Gasteiger partial charge in [0.1, 0.15) is 0 Å². The van der Waals surface area contributed by atoms with Crippen LogP contribution in [0.4, 0.5) is 0 Å². The van der Waals surface area contributed by atoms with Crippen LogP contribution in [0.15, 0.2) is 30.3 Å². The van der Waals surface area contributed by atoms with Crippen molar-refractivity contribution in [1.82, 2.24) is 10.2 Å². The highest BCUT2D eigenvalue weighted by Crippen LogP contribution is 2.12. The molecule has 1 atom stereocenters. The third-order valence-electron chi connectivity index (χ3n) is 3.34. The standard InChI is InChI=1S/C15H24N2O/c1-13(2)16-10-15-12-18-9-8-17(15)11-14-6-4-3-5-7-14/h3-7,13,15-16H,8-12H2,1-2H3. The van der Waals surface area contributed by atoms with Gasteiger partial charge in [-0.15, -0.1) is 0 Å². The van der Waals surface area contributed by atoms with Crippen molar-refractivity contribution in [3.05, 3.63) is 35.9 Å². The molecule has 1 heterocycles. The van der Waals surface area contributed by atoms with Gasteiger partial charge in [0.25, 0.3) is 0 Å². The lowest BCUT2D eigenvalue weighted by Crippen LogP contribution is -2.50. The van der Waals surface area contributed by atoms with Gasteiger partial charge in [0.05, 0.1) is 13.2 Å². The van der Waals surface area contributed by atoms with Crippen LogP contribution in [0, 0.1) is 0 Å². The zero-order valence-corrected chi connectivity index (χ0v) is 11.4.